The number of carboxylic acids is 1. The molecule has 1 N–H and O–H groups in total. The van der Waals surface area contributed by atoms with Crippen molar-refractivity contribution in [1.29, 1.82) is 0 Å². The van der Waals surface area contributed by atoms with Gasteiger partial charge in [0.05, 0.1) is 5.92 Å². The predicted octanol–water partition coefficient (Wildman–Crippen LogP) is 3.09. The molecule has 3 aliphatic rings. The molecule has 0 aromatic carbocycles. The van der Waals surface area contributed by atoms with Crippen molar-refractivity contribution in [2.75, 3.05) is 0 Å². The zero-order valence-corrected chi connectivity index (χ0v) is 9.79. The Kier molecular flexibility index (Phi) is 2.21. The molecule has 0 aromatic rings. The lowest BCUT2D eigenvalue weighted by Crippen LogP contribution is -2.49. The Bertz CT molecular complexity index is 318. The standard InChI is InChI=1S/C13H20O2/c1-9(2)13-6-4-12(3,5-7-13)8-10(13)11(14)15/h4,6,9-10H,5,7-8H2,1-3H3,(H,14,15)/t10?,12-,13?/m0/s1. The molecule has 3 rings (SSSR count). The van der Waals surface area contributed by atoms with Gasteiger partial charge >= 0.3 is 5.97 Å². The van der Waals surface area contributed by atoms with Crippen molar-refractivity contribution >= 4 is 5.97 Å². The van der Waals surface area contributed by atoms with E-state index in [-0.39, 0.29) is 16.7 Å². The van der Waals surface area contributed by atoms with Crippen molar-refractivity contribution in [3.8, 4) is 0 Å². The van der Waals surface area contributed by atoms with Gasteiger partial charge < -0.3 is 5.11 Å². The Morgan fingerprint density at radius 2 is 2.07 bits per heavy atom. The Morgan fingerprint density at radius 3 is 2.47 bits per heavy atom. The molecule has 0 spiro atoms. The zero-order valence-electron chi connectivity index (χ0n) is 9.79. The average molecular weight is 208 g/mol. The predicted molar refractivity (Wildman–Crippen MR) is 59.5 cm³/mol. The third-order valence-corrected chi connectivity index (χ3v) is 4.62. The topological polar surface area (TPSA) is 37.3 Å². The van der Waals surface area contributed by atoms with Crippen LogP contribution in [0.2, 0.25) is 0 Å². The summed E-state index contributed by atoms with van der Waals surface area (Å²) in [5.74, 6) is -0.375. The largest absolute Gasteiger partial charge is 0.481 e. The van der Waals surface area contributed by atoms with E-state index in [1.54, 1.807) is 0 Å². The quantitative estimate of drug-likeness (QED) is 0.708. The van der Waals surface area contributed by atoms with Crippen LogP contribution in [0.4, 0.5) is 0 Å². The molecule has 0 heterocycles. The highest BCUT2D eigenvalue weighted by atomic mass is 16.4. The van der Waals surface area contributed by atoms with Crippen LogP contribution in [0.25, 0.3) is 0 Å². The first kappa shape index (κ1) is 10.7. The van der Waals surface area contributed by atoms with Crippen molar-refractivity contribution < 1.29 is 9.90 Å². The number of allylic oxidation sites excluding steroid dienone is 2. The second-order valence-corrected chi connectivity index (χ2v) is 5.85. The fourth-order valence-electron chi connectivity index (χ4n) is 3.34. The number of carboxylic acid groups (broad SMARTS) is 1. The molecule has 0 aliphatic heterocycles. The number of hydrogen-bond acceptors (Lipinski definition) is 1. The van der Waals surface area contributed by atoms with Gasteiger partial charge in [-0.15, -0.1) is 0 Å². The van der Waals surface area contributed by atoms with Crippen molar-refractivity contribution in [1.82, 2.24) is 0 Å². The van der Waals surface area contributed by atoms with Gasteiger partial charge in [-0.05, 0) is 30.6 Å². The van der Waals surface area contributed by atoms with E-state index in [4.69, 9.17) is 0 Å². The van der Waals surface area contributed by atoms with E-state index in [2.05, 4.69) is 32.9 Å². The number of carbonyl (C=O) groups is 1. The van der Waals surface area contributed by atoms with Crippen LogP contribution in [-0.4, -0.2) is 11.1 Å². The number of rotatable bonds is 2. The Hall–Kier alpha value is -0.790. The summed E-state index contributed by atoms with van der Waals surface area (Å²) in [6.07, 6.45) is 7.45. The minimum atomic E-state index is -0.612. The van der Waals surface area contributed by atoms with Gasteiger partial charge in [-0.2, -0.15) is 0 Å². The van der Waals surface area contributed by atoms with Crippen LogP contribution in [0.1, 0.15) is 40.0 Å². The van der Waals surface area contributed by atoms with E-state index in [0.717, 1.165) is 19.3 Å². The highest BCUT2D eigenvalue weighted by molar-refractivity contribution is 5.72. The summed E-state index contributed by atoms with van der Waals surface area (Å²) >= 11 is 0. The summed E-state index contributed by atoms with van der Waals surface area (Å²) in [4.78, 5) is 11.4. The lowest BCUT2D eigenvalue weighted by Gasteiger charge is -2.53. The molecule has 2 heteroatoms. The Morgan fingerprint density at radius 1 is 1.40 bits per heavy atom. The van der Waals surface area contributed by atoms with Crippen LogP contribution in [0, 0.1) is 22.7 Å². The molecule has 1 saturated carbocycles. The molecule has 2 unspecified atom stereocenters. The normalized spacial score (nSPS) is 43.6. The first-order chi connectivity index (χ1) is 6.90. The maximum atomic E-state index is 11.4. The Balaban J connectivity index is 2.43. The van der Waals surface area contributed by atoms with Gasteiger partial charge in [0.1, 0.15) is 0 Å². The van der Waals surface area contributed by atoms with Crippen LogP contribution in [0.15, 0.2) is 12.2 Å². The summed E-state index contributed by atoms with van der Waals surface area (Å²) in [6, 6.07) is 0. The smallest absolute Gasteiger partial charge is 0.307 e. The van der Waals surface area contributed by atoms with E-state index in [1.807, 2.05) is 0 Å². The number of aliphatic carboxylic acids is 1. The maximum absolute atomic E-state index is 11.4. The zero-order chi connectivity index (χ0) is 11.3. The first-order valence-corrected chi connectivity index (χ1v) is 5.83. The van der Waals surface area contributed by atoms with E-state index in [1.165, 1.54) is 0 Å². The summed E-state index contributed by atoms with van der Waals surface area (Å²) in [7, 11) is 0. The van der Waals surface area contributed by atoms with Crippen LogP contribution < -0.4 is 0 Å². The van der Waals surface area contributed by atoms with Crippen LogP contribution >= 0.6 is 0 Å². The third kappa shape index (κ3) is 1.42. The molecular formula is C13H20O2. The monoisotopic (exact) mass is 208 g/mol. The molecule has 15 heavy (non-hydrogen) atoms. The molecule has 2 nitrogen and oxygen atoms in total. The van der Waals surface area contributed by atoms with Gasteiger partial charge in [0.2, 0.25) is 0 Å². The summed E-state index contributed by atoms with van der Waals surface area (Å²) < 4.78 is 0. The molecule has 0 radical (unpaired) electrons. The molecule has 2 bridgehead atoms. The molecule has 1 fully saturated rings. The lowest BCUT2D eigenvalue weighted by molar-refractivity contribution is -0.152. The SMILES string of the molecule is CC(C)C12C=C[C@@](C)(CC1)CC2C(=O)O. The molecule has 84 valence electrons. The van der Waals surface area contributed by atoms with Crippen LogP contribution in [-0.2, 0) is 4.79 Å². The fraction of sp³-hybridized carbons (Fsp3) is 0.769. The lowest BCUT2D eigenvalue weighted by atomic mass is 9.50. The number of hydrogen-bond donors (Lipinski definition) is 1. The highest BCUT2D eigenvalue weighted by Crippen LogP contribution is 2.58. The number of fused-ring (bicyclic) bond motifs is 2. The van der Waals surface area contributed by atoms with Gasteiger partial charge in [-0.1, -0.05) is 32.9 Å². The van der Waals surface area contributed by atoms with Crippen LogP contribution in [0.5, 0.6) is 0 Å². The summed E-state index contributed by atoms with van der Waals surface area (Å²) in [6.45, 7) is 6.48. The molecule has 0 saturated heterocycles. The van der Waals surface area contributed by atoms with Crippen molar-refractivity contribution in [3.05, 3.63) is 12.2 Å². The van der Waals surface area contributed by atoms with Gasteiger partial charge in [0.15, 0.2) is 0 Å². The molecule has 0 aromatic heterocycles. The second kappa shape index (κ2) is 3.10. The van der Waals surface area contributed by atoms with E-state index in [9.17, 15) is 9.90 Å². The molecule has 0 amide bonds. The van der Waals surface area contributed by atoms with Crippen LogP contribution in [0.3, 0.4) is 0 Å². The van der Waals surface area contributed by atoms with E-state index < -0.39 is 5.97 Å². The van der Waals surface area contributed by atoms with Crippen molar-refractivity contribution in [3.63, 3.8) is 0 Å². The van der Waals surface area contributed by atoms with Gasteiger partial charge in [0.25, 0.3) is 0 Å². The average Bonchev–Trinajstić information content (AvgIpc) is 2.17. The van der Waals surface area contributed by atoms with Gasteiger partial charge in [-0.25, -0.2) is 0 Å². The highest BCUT2D eigenvalue weighted by Gasteiger charge is 2.53. The first-order valence-electron chi connectivity index (χ1n) is 5.83. The van der Waals surface area contributed by atoms with Gasteiger partial charge in [-0.3, -0.25) is 4.79 Å². The fourth-order valence-corrected chi connectivity index (χ4v) is 3.34. The summed E-state index contributed by atoms with van der Waals surface area (Å²) in [5, 5.41) is 9.35. The Labute approximate surface area is 91.4 Å². The van der Waals surface area contributed by atoms with E-state index in [0.29, 0.717) is 5.92 Å². The van der Waals surface area contributed by atoms with Crippen molar-refractivity contribution in [2.24, 2.45) is 22.7 Å². The molecule has 3 aliphatic carbocycles. The minimum Gasteiger partial charge on any atom is -0.481 e. The molecular weight excluding hydrogens is 188 g/mol. The second-order valence-electron chi connectivity index (χ2n) is 5.85. The van der Waals surface area contributed by atoms with E-state index >= 15 is 0 Å². The third-order valence-electron chi connectivity index (χ3n) is 4.62. The maximum Gasteiger partial charge on any atom is 0.307 e. The minimum absolute atomic E-state index is 0.0798. The molecule has 3 atom stereocenters. The van der Waals surface area contributed by atoms with Crippen molar-refractivity contribution in [2.45, 2.75) is 40.0 Å². The van der Waals surface area contributed by atoms with Gasteiger partial charge in [0, 0.05) is 5.41 Å². The summed E-state index contributed by atoms with van der Waals surface area (Å²) in [5.41, 5.74) is 0.0588.